The summed E-state index contributed by atoms with van der Waals surface area (Å²) in [5.74, 6) is 0. The lowest BCUT2D eigenvalue weighted by atomic mass is 10.1. The Labute approximate surface area is 110 Å². The molecule has 88 valence electrons. The third-order valence-corrected chi connectivity index (χ3v) is 3.15. The van der Waals surface area contributed by atoms with Gasteiger partial charge in [0.15, 0.2) is 0 Å². The van der Waals surface area contributed by atoms with Crippen LogP contribution in [0, 0.1) is 0 Å². The topological polar surface area (TPSA) is 38.5 Å². The van der Waals surface area contributed by atoms with Crippen LogP contribution in [0.2, 0.25) is 0 Å². The lowest BCUT2D eigenvalue weighted by Crippen LogP contribution is -2.25. The molecule has 5 heteroatoms. The molecule has 0 atom stereocenters. The molecule has 0 fully saturated rings. The number of anilines is 1. The lowest BCUT2D eigenvalue weighted by Gasteiger charge is -2.22. The zero-order chi connectivity index (χ0) is 12.1. The van der Waals surface area contributed by atoms with Crippen molar-refractivity contribution in [1.82, 2.24) is 0 Å². The van der Waals surface area contributed by atoms with E-state index in [1.807, 2.05) is 25.2 Å². The van der Waals surface area contributed by atoms with Gasteiger partial charge < -0.3 is 15.4 Å². The van der Waals surface area contributed by atoms with Crippen molar-refractivity contribution < 1.29 is 4.74 Å². The molecule has 0 unspecified atom stereocenters. The number of thiocarbonyl (C=S) groups is 1. The van der Waals surface area contributed by atoms with Crippen molar-refractivity contribution in [2.75, 3.05) is 32.2 Å². The van der Waals surface area contributed by atoms with Crippen LogP contribution in [0.1, 0.15) is 5.56 Å². The fourth-order valence-electron chi connectivity index (χ4n) is 1.42. The SMILES string of the molecule is COCCN(C)c1cccc(Br)c1C(N)=S. The summed E-state index contributed by atoms with van der Waals surface area (Å²) in [6, 6.07) is 5.89. The summed E-state index contributed by atoms with van der Waals surface area (Å²) in [4.78, 5) is 2.47. The fourth-order valence-corrected chi connectivity index (χ4v) is 2.34. The van der Waals surface area contributed by atoms with Crippen LogP contribution in [0.3, 0.4) is 0 Å². The molecule has 0 heterocycles. The van der Waals surface area contributed by atoms with E-state index >= 15 is 0 Å². The largest absolute Gasteiger partial charge is 0.389 e. The summed E-state index contributed by atoms with van der Waals surface area (Å²) >= 11 is 8.52. The molecule has 0 aromatic heterocycles. The first-order chi connectivity index (χ1) is 7.57. The molecule has 0 aliphatic carbocycles. The van der Waals surface area contributed by atoms with Gasteiger partial charge in [0.25, 0.3) is 0 Å². The predicted octanol–water partition coefficient (Wildman–Crippen LogP) is 2.17. The van der Waals surface area contributed by atoms with Gasteiger partial charge in [0, 0.05) is 36.4 Å². The summed E-state index contributed by atoms with van der Waals surface area (Å²) < 4.78 is 5.97. The van der Waals surface area contributed by atoms with Crippen molar-refractivity contribution in [2.24, 2.45) is 5.73 Å². The van der Waals surface area contributed by atoms with E-state index in [2.05, 4.69) is 20.8 Å². The van der Waals surface area contributed by atoms with Gasteiger partial charge >= 0.3 is 0 Å². The number of methoxy groups -OCH3 is 1. The van der Waals surface area contributed by atoms with Gasteiger partial charge in [-0.15, -0.1) is 0 Å². The summed E-state index contributed by atoms with van der Waals surface area (Å²) in [6.45, 7) is 1.46. The Bertz CT molecular complexity index is 384. The summed E-state index contributed by atoms with van der Waals surface area (Å²) in [5.41, 5.74) is 7.61. The van der Waals surface area contributed by atoms with E-state index in [1.165, 1.54) is 0 Å². The molecule has 0 saturated heterocycles. The van der Waals surface area contributed by atoms with Crippen LogP contribution in [-0.2, 0) is 4.74 Å². The van der Waals surface area contributed by atoms with Crippen molar-refractivity contribution in [2.45, 2.75) is 0 Å². The first kappa shape index (κ1) is 13.4. The van der Waals surface area contributed by atoms with Crippen LogP contribution < -0.4 is 10.6 Å². The Balaban J connectivity index is 3.02. The number of rotatable bonds is 5. The van der Waals surface area contributed by atoms with E-state index in [0.29, 0.717) is 11.6 Å². The van der Waals surface area contributed by atoms with E-state index in [1.54, 1.807) is 7.11 Å². The maximum Gasteiger partial charge on any atom is 0.107 e. The molecule has 1 rings (SSSR count). The zero-order valence-corrected chi connectivity index (χ0v) is 11.8. The number of halogens is 1. The number of benzene rings is 1. The van der Waals surface area contributed by atoms with E-state index in [0.717, 1.165) is 22.3 Å². The Hall–Kier alpha value is -0.650. The number of ether oxygens (including phenoxy) is 1. The third kappa shape index (κ3) is 3.17. The molecule has 0 spiro atoms. The fraction of sp³-hybridized carbons (Fsp3) is 0.364. The normalized spacial score (nSPS) is 10.2. The molecule has 0 saturated carbocycles. The van der Waals surface area contributed by atoms with Gasteiger partial charge in [-0.1, -0.05) is 18.3 Å². The van der Waals surface area contributed by atoms with Gasteiger partial charge in [-0.05, 0) is 28.1 Å². The Kier molecular flexibility index (Phi) is 5.18. The lowest BCUT2D eigenvalue weighted by molar-refractivity contribution is 0.206. The molecule has 16 heavy (non-hydrogen) atoms. The number of hydrogen-bond donors (Lipinski definition) is 1. The van der Waals surface area contributed by atoms with Gasteiger partial charge in [-0.2, -0.15) is 0 Å². The maximum atomic E-state index is 5.73. The van der Waals surface area contributed by atoms with Gasteiger partial charge in [-0.25, -0.2) is 0 Å². The highest BCUT2D eigenvalue weighted by Gasteiger charge is 2.12. The molecule has 0 radical (unpaired) electrons. The summed E-state index contributed by atoms with van der Waals surface area (Å²) in [5, 5.41) is 0. The average molecular weight is 303 g/mol. The van der Waals surface area contributed by atoms with Gasteiger partial charge in [0.05, 0.1) is 6.61 Å². The molecule has 1 aromatic rings. The quantitative estimate of drug-likeness (QED) is 0.846. The molecule has 0 aliphatic rings. The van der Waals surface area contributed by atoms with Crippen molar-refractivity contribution in [1.29, 1.82) is 0 Å². The van der Waals surface area contributed by atoms with Crippen LogP contribution in [0.25, 0.3) is 0 Å². The van der Waals surface area contributed by atoms with Crippen LogP contribution >= 0.6 is 28.1 Å². The number of nitrogens with two attached hydrogens (primary N) is 1. The van der Waals surface area contributed by atoms with Crippen molar-refractivity contribution >= 4 is 38.8 Å². The van der Waals surface area contributed by atoms with E-state index in [-0.39, 0.29) is 0 Å². The van der Waals surface area contributed by atoms with Gasteiger partial charge in [-0.3, -0.25) is 0 Å². The number of hydrogen-bond acceptors (Lipinski definition) is 3. The highest BCUT2D eigenvalue weighted by molar-refractivity contribution is 9.10. The minimum atomic E-state index is 0.395. The van der Waals surface area contributed by atoms with E-state index in [9.17, 15) is 0 Å². The molecule has 0 amide bonds. The average Bonchev–Trinajstić information content (AvgIpc) is 2.24. The monoisotopic (exact) mass is 302 g/mol. The van der Waals surface area contributed by atoms with Crippen LogP contribution in [0.15, 0.2) is 22.7 Å². The maximum absolute atomic E-state index is 5.73. The second-order valence-electron chi connectivity index (χ2n) is 3.41. The molecule has 0 bridgehead atoms. The molecular weight excluding hydrogens is 288 g/mol. The van der Waals surface area contributed by atoms with Crippen molar-refractivity contribution in [3.05, 3.63) is 28.2 Å². The molecule has 1 aromatic carbocycles. The summed E-state index contributed by atoms with van der Waals surface area (Å²) in [6.07, 6.45) is 0. The van der Waals surface area contributed by atoms with Crippen molar-refractivity contribution in [3.63, 3.8) is 0 Å². The minimum absolute atomic E-state index is 0.395. The molecule has 0 aliphatic heterocycles. The molecule has 2 N–H and O–H groups in total. The van der Waals surface area contributed by atoms with Crippen molar-refractivity contribution in [3.8, 4) is 0 Å². The number of nitrogens with zero attached hydrogens (tertiary/aromatic N) is 1. The standard InChI is InChI=1S/C11H15BrN2OS/c1-14(6-7-15-2)9-5-3-4-8(12)10(9)11(13)16/h3-5H,6-7H2,1-2H3,(H2,13,16). The zero-order valence-electron chi connectivity index (χ0n) is 9.37. The Morgan fingerprint density at radius 3 is 2.81 bits per heavy atom. The Morgan fingerprint density at radius 1 is 1.56 bits per heavy atom. The first-order valence-corrected chi connectivity index (χ1v) is 6.06. The second kappa shape index (κ2) is 6.18. The predicted molar refractivity (Wildman–Crippen MR) is 75.2 cm³/mol. The second-order valence-corrected chi connectivity index (χ2v) is 4.71. The highest BCUT2D eigenvalue weighted by atomic mass is 79.9. The summed E-state index contributed by atoms with van der Waals surface area (Å²) in [7, 11) is 3.67. The highest BCUT2D eigenvalue weighted by Crippen LogP contribution is 2.26. The van der Waals surface area contributed by atoms with Crippen LogP contribution in [0.5, 0.6) is 0 Å². The van der Waals surface area contributed by atoms with E-state index in [4.69, 9.17) is 22.7 Å². The Morgan fingerprint density at radius 2 is 2.25 bits per heavy atom. The van der Waals surface area contributed by atoms with Crippen LogP contribution in [0.4, 0.5) is 5.69 Å². The first-order valence-electron chi connectivity index (χ1n) is 4.86. The van der Waals surface area contributed by atoms with E-state index < -0.39 is 0 Å². The van der Waals surface area contributed by atoms with Gasteiger partial charge in [0.1, 0.15) is 4.99 Å². The van der Waals surface area contributed by atoms with Crippen LogP contribution in [-0.4, -0.2) is 32.3 Å². The molecule has 3 nitrogen and oxygen atoms in total. The number of likely N-dealkylation sites (N-methyl/N-ethyl adjacent to an activating group) is 1. The third-order valence-electron chi connectivity index (χ3n) is 2.28. The smallest absolute Gasteiger partial charge is 0.107 e. The molecular formula is C11H15BrN2OS. The minimum Gasteiger partial charge on any atom is -0.389 e. The van der Waals surface area contributed by atoms with Gasteiger partial charge in [0.2, 0.25) is 0 Å².